The molecule has 0 bridgehead atoms. The van der Waals surface area contributed by atoms with Crippen LogP contribution in [0.1, 0.15) is 6.92 Å². The molecular formula is C6H16N4OS. The first kappa shape index (κ1) is 11.5. The van der Waals surface area contributed by atoms with Crippen LogP contribution in [-0.2, 0) is 0 Å². The molecule has 5 nitrogen and oxygen atoms in total. The number of hydrazine groups is 1. The molecule has 0 aliphatic heterocycles. The molecule has 0 rings (SSSR count). The van der Waals surface area contributed by atoms with Crippen molar-refractivity contribution in [1.82, 2.24) is 5.43 Å². The lowest BCUT2D eigenvalue weighted by atomic mass is 10.2. The van der Waals surface area contributed by atoms with E-state index < -0.39 is 0 Å². The van der Waals surface area contributed by atoms with Crippen molar-refractivity contribution in [2.24, 2.45) is 16.6 Å². The lowest BCUT2D eigenvalue weighted by Crippen LogP contribution is -2.39. The zero-order valence-corrected chi connectivity index (χ0v) is 8.14. The first-order chi connectivity index (χ1) is 5.65. The minimum atomic E-state index is -0.0407. The smallest absolute Gasteiger partial charge is 0.203 e. The maximum Gasteiger partial charge on any atom is 0.203 e. The molecule has 0 spiro atoms. The molecule has 0 radical (unpaired) electrons. The third-order valence-corrected chi connectivity index (χ3v) is 2.66. The van der Waals surface area contributed by atoms with Crippen molar-refractivity contribution < 1.29 is 5.11 Å². The van der Waals surface area contributed by atoms with Gasteiger partial charge in [0.2, 0.25) is 5.96 Å². The Morgan fingerprint density at radius 3 is 2.67 bits per heavy atom. The highest BCUT2D eigenvalue weighted by molar-refractivity contribution is 7.99. The average molecular weight is 192 g/mol. The van der Waals surface area contributed by atoms with Crippen LogP contribution in [0.2, 0.25) is 0 Å². The van der Waals surface area contributed by atoms with E-state index in [0.717, 1.165) is 0 Å². The Morgan fingerprint density at radius 2 is 2.33 bits per heavy atom. The summed E-state index contributed by atoms with van der Waals surface area (Å²) in [5, 5.41) is 8.97. The van der Waals surface area contributed by atoms with Crippen LogP contribution in [0.5, 0.6) is 0 Å². The highest BCUT2D eigenvalue weighted by atomic mass is 32.2. The molecule has 12 heavy (non-hydrogen) atoms. The summed E-state index contributed by atoms with van der Waals surface area (Å²) in [5.41, 5.74) is 7.58. The summed E-state index contributed by atoms with van der Waals surface area (Å²) < 4.78 is 0. The van der Waals surface area contributed by atoms with E-state index in [1.54, 1.807) is 11.8 Å². The number of aliphatic hydroxyl groups excluding tert-OH is 1. The Bertz CT molecular complexity index is 148. The number of nitrogens with zero attached hydrogens (tertiary/aromatic N) is 1. The third-order valence-electron chi connectivity index (χ3n) is 1.51. The van der Waals surface area contributed by atoms with Gasteiger partial charge in [0.1, 0.15) is 0 Å². The molecule has 6 N–H and O–H groups in total. The third kappa shape index (κ3) is 3.80. The molecule has 0 saturated carbocycles. The number of hydrogen-bond acceptors (Lipinski definition) is 4. The molecule has 0 aromatic rings. The highest BCUT2D eigenvalue weighted by Gasteiger charge is 2.13. The van der Waals surface area contributed by atoms with E-state index in [9.17, 15) is 0 Å². The number of thioether (sulfide) groups is 1. The average Bonchev–Trinajstić information content (AvgIpc) is 2.06. The van der Waals surface area contributed by atoms with E-state index in [-0.39, 0.29) is 23.9 Å². The Hall–Kier alpha value is -0.460. The van der Waals surface area contributed by atoms with Gasteiger partial charge < -0.3 is 10.8 Å². The lowest BCUT2D eigenvalue weighted by molar-refractivity contribution is 0.285. The molecule has 0 heterocycles. The topological polar surface area (TPSA) is 96.7 Å². The summed E-state index contributed by atoms with van der Waals surface area (Å²) in [6.07, 6.45) is 1.92. The van der Waals surface area contributed by atoms with Crippen LogP contribution in [-0.4, -0.2) is 35.2 Å². The molecular weight excluding hydrogens is 176 g/mol. The predicted octanol–water partition coefficient (Wildman–Crippen LogP) is -1.12. The molecule has 0 aliphatic carbocycles. The largest absolute Gasteiger partial charge is 0.395 e. The van der Waals surface area contributed by atoms with Crippen LogP contribution < -0.4 is 17.0 Å². The number of aliphatic imine (C=N–C) groups is 1. The number of hydrogen-bond donors (Lipinski definition) is 4. The van der Waals surface area contributed by atoms with Gasteiger partial charge in [-0.3, -0.25) is 5.43 Å². The maximum atomic E-state index is 8.90. The molecule has 0 aromatic heterocycles. The summed E-state index contributed by atoms with van der Waals surface area (Å²) in [6.45, 7) is 1.96. The summed E-state index contributed by atoms with van der Waals surface area (Å²) in [4.78, 5) is 4.01. The minimum absolute atomic E-state index is 0.0407. The van der Waals surface area contributed by atoms with E-state index in [0.29, 0.717) is 0 Å². The normalized spacial score (nSPS) is 17.2. The molecule has 2 atom stereocenters. The predicted molar refractivity (Wildman–Crippen MR) is 52.8 cm³/mol. The van der Waals surface area contributed by atoms with Crippen LogP contribution >= 0.6 is 11.8 Å². The molecule has 0 saturated heterocycles. The van der Waals surface area contributed by atoms with Gasteiger partial charge in [-0.05, 0) is 13.2 Å². The summed E-state index contributed by atoms with van der Waals surface area (Å²) in [5.74, 6) is 5.22. The van der Waals surface area contributed by atoms with Crippen molar-refractivity contribution >= 4 is 17.7 Å². The second-order valence-electron chi connectivity index (χ2n) is 2.36. The second-order valence-corrected chi connectivity index (χ2v) is 3.43. The van der Waals surface area contributed by atoms with Crippen LogP contribution in [0.4, 0.5) is 0 Å². The van der Waals surface area contributed by atoms with E-state index in [1.807, 2.05) is 13.2 Å². The quantitative estimate of drug-likeness (QED) is 0.196. The van der Waals surface area contributed by atoms with Gasteiger partial charge in [0.15, 0.2) is 0 Å². The van der Waals surface area contributed by atoms with Crippen molar-refractivity contribution in [3.63, 3.8) is 0 Å². The van der Waals surface area contributed by atoms with Crippen LogP contribution in [0.25, 0.3) is 0 Å². The van der Waals surface area contributed by atoms with E-state index >= 15 is 0 Å². The fraction of sp³-hybridized carbons (Fsp3) is 0.833. The zero-order chi connectivity index (χ0) is 9.56. The number of rotatable bonds is 4. The van der Waals surface area contributed by atoms with Crippen molar-refractivity contribution in [3.05, 3.63) is 0 Å². The van der Waals surface area contributed by atoms with E-state index in [2.05, 4.69) is 10.4 Å². The Morgan fingerprint density at radius 1 is 1.75 bits per heavy atom. The summed E-state index contributed by atoms with van der Waals surface area (Å²) >= 11 is 1.55. The zero-order valence-electron chi connectivity index (χ0n) is 7.32. The Kier molecular flexibility index (Phi) is 5.87. The fourth-order valence-corrected chi connectivity index (χ4v) is 1.37. The standard InChI is InChI=1S/C6H16N4OS/c1-4(5(3-11)12-2)9-6(7)10-8/h4-5,11H,3,8H2,1-2H3,(H3,7,9,10). The molecule has 6 heteroatoms. The van der Waals surface area contributed by atoms with Crippen LogP contribution in [0.3, 0.4) is 0 Å². The van der Waals surface area contributed by atoms with Gasteiger partial charge in [-0.2, -0.15) is 11.8 Å². The van der Waals surface area contributed by atoms with Gasteiger partial charge >= 0.3 is 0 Å². The monoisotopic (exact) mass is 192 g/mol. The van der Waals surface area contributed by atoms with Gasteiger partial charge in [0.25, 0.3) is 0 Å². The van der Waals surface area contributed by atoms with Crippen LogP contribution in [0.15, 0.2) is 4.99 Å². The second kappa shape index (κ2) is 6.10. The number of guanidine groups is 1. The number of nitrogens with one attached hydrogen (secondary N) is 1. The molecule has 2 unspecified atom stereocenters. The molecule has 0 aliphatic rings. The SMILES string of the molecule is CSC(CO)C(C)N=C(N)NN. The molecule has 0 fully saturated rings. The Balaban J connectivity index is 4.07. The highest BCUT2D eigenvalue weighted by Crippen LogP contribution is 2.12. The fourth-order valence-electron chi connectivity index (χ4n) is 0.764. The first-order valence-electron chi connectivity index (χ1n) is 3.59. The van der Waals surface area contributed by atoms with E-state index in [4.69, 9.17) is 16.7 Å². The molecule has 72 valence electrons. The summed E-state index contributed by atoms with van der Waals surface area (Å²) in [6, 6.07) is -0.0407. The van der Waals surface area contributed by atoms with Crippen molar-refractivity contribution in [3.8, 4) is 0 Å². The maximum absolute atomic E-state index is 8.90. The minimum Gasteiger partial charge on any atom is -0.395 e. The van der Waals surface area contributed by atoms with Gasteiger partial charge in [-0.15, -0.1) is 0 Å². The van der Waals surface area contributed by atoms with Crippen LogP contribution in [0, 0.1) is 0 Å². The van der Waals surface area contributed by atoms with Gasteiger partial charge in [-0.1, -0.05) is 0 Å². The number of nitrogens with two attached hydrogens (primary N) is 2. The summed E-state index contributed by atoms with van der Waals surface area (Å²) in [7, 11) is 0. The van der Waals surface area contributed by atoms with Gasteiger partial charge in [0, 0.05) is 5.25 Å². The van der Waals surface area contributed by atoms with Gasteiger partial charge in [0.05, 0.1) is 12.6 Å². The van der Waals surface area contributed by atoms with Crippen molar-refractivity contribution in [2.45, 2.75) is 18.2 Å². The number of aliphatic hydroxyl groups is 1. The van der Waals surface area contributed by atoms with E-state index in [1.165, 1.54) is 0 Å². The molecule has 0 amide bonds. The first-order valence-corrected chi connectivity index (χ1v) is 4.88. The lowest BCUT2D eigenvalue weighted by Gasteiger charge is -2.16. The van der Waals surface area contributed by atoms with Gasteiger partial charge in [-0.25, -0.2) is 10.8 Å². The Labute approximate surface area is 76.6 Å². The van der Waals surface area contributed by atoms with Crippen molar-refractivity contribution in [2.75, 3.05) is 12.9 Å². The molecule has 0 aromatic carbocycles. The van der Waals surface area contributed by atoms with Crippen molar-refractivity contribution in [1.29, 1.82) is 0 Å².